The number of aromatic nitrogens is 2. The molecular weight excluding hydrogens is 343 g/mol. The number of nitrogens with one attached hydrogen (secondary N) is 1. The Morgan fingerprint density at radius 2 is 2.15 bits per heavy atom. The van der Waals surface area contributed by atoms with Gasteiger partial charge in [-0.2, -0.15) is 5.10 Å². The van der Waals surface area contributed by atoms with Crippen LogP contribution in [0.25, 0.3) is 0 Å². The van der Waals surface area contributed by atoms with Gasteiger partial charge in [-0.3, -0.25) is 14.4 Å². The minimum Gasteiger partial charge on any atom is -0.354 e. The molecule has 2 bridgehead atoms. The van der Waals surface area contributed by atoms with Gasteiger partial charge in [-0.25, -0.2) is 4.39 Å². The number of hydrogen-bond acceptors (Lipinski definition) is 3. The van der Waals surface area contributed by atoms with Gasteiger partial charge in [-0.05, 0) is 49.4 Å². The van der Waals surface area contributed by atoms with Crippen LogP contribution in [0.5, 0.6) is 0 Å². The molecule has 0 aliphatic carbocycles. The lowest BCUT2D eigenvalue weighted by Crippen LogP contribution is -2.49. The monoisotopic (exact) mass is 370 g/mol. The molecule has 0 saturated carbocycles. The zero-order valence-corrected chi connectivity index (χ0v) is 15.8. The van der Waals surface area contributed by atoms with E-state index in [0.29, 0.717) is 19.1 Å². The molecule has 144 valence electrons. The van der Waals surface area contributed by atoms with Gasteiger partial charge in [0.1, 0.15) is 5.82 Å². The molecule has 2 aliphatic rings. The summed E-state index contributed by atoms with van der Waals surface area (Å²) in [6.07, 6.45) is 7.63. The van der Waals surface area contributed by atoms with Gasteiger partial charge in [-0.1, -0.05) is 19.1 Å². The molecule has 1 amide bonds. The van der Waals surface area contributed by atoms with Crippen LogP contribution in [0.15, 0.2) is 42.7 Å². The number of amides is 1. The highest BCUT2D eigenvalue weighted by molar-refractivity contribution is 5.84. The summed E-state index contributed by atoms with van der Waals surface area (Å²) in [4.78, 5) is 15.6. The van der Waals surface area contributed by atoms with Crippen LogP contribution in [0, 0.1) is 11.2 Å². The molecule has 6 heteroatoms. The van der Waals surface area contributed by atoms with Crippen molar-refractivity contribution in [1.29, 1.82) is 0 Å². The summed E-state index contributed by atoms with van der Waals surface area (Å²) in [5.74, 6) is -0.0314. The summed E-state index contributed by atoms with van der Waals surface area (Å²) in [5.41, 5.74) is 0.798. The molecule has 0 spiro atoms. The number of fused-ring (bicyclic) bond motifs is 2. The van der Waals surface area contributed by atoms with E-state index in [2.05, 4.69) is 22.2 Å². The smallest absolute Gasteiger partial charge is 0.227 e. The standard InChI is InChI=1S/C21H27FN4O/c1-2-21(20(27)23-11-13-25-12-3-10-24-25)14-18-8-9-19(21)26(18)15-16-4-6-17(22)7-5-16/h3-7,10,12,18-19H,2,8-9,11,13-15H2,1H3,(H,23,27)/t18-,19+,21+/m0/s1. The molecule has 0 radical (unpaired) electrons. The Hall–Kier alpha value is -2.21. The van der Waals surface area contributed by atoms with Crippen molar-refractivity contribution in [3.63, 3.8) is 0 Å². The maximum absolute atomic E-state index is 13.2. The molecule has 2 aliphatic heterocycles. The first-order valence-corrected chi connectivity index (χ1v) is 9.88. The van der Waals surface area contributed by atoms with Crippen LogP contribution in [0.1, 0.15) is 38.2 Å². The molecule has 2 saturated heterocycles. The fourth-order valence-corrected chi connectivity index (χ4v) is 5.02. The van der Waals surface area contributed by atoms with Crippen LogP contribution in [0.2, 0.25) is 0 Å². The Bertz CT molecular complexity index is 776. The summed E-state index contributed by atoms with van der Waals surface area (Å²) in [6.45, 7) is 4.20. The summed E-state index contributed by atoms with van der Waals surface area (Å²) >= 11 is 0. The topological polar surface area (TPSA) is 50.2 Å². The normalized spacial score (nSPS) is 27.2. The molecule has 1 aromatic heterocycles. The summed E-state index contributed by atoms with van der Waals surface area (Å²) < 4.78 is 15.0. The van der Waals surface area contributed by atoms with Gasteiger partial charge in [0.15, 0.2) is 0 Å². The quantitative estimate of drug-likeness (QED) is 0.815. The number of carbonyl (C=O) groups excluding carboxylic acids is 1. The molecule has 2 fully saturated rings. The summed E-state index contributed by atoms with van der Waals surface area (Å²) in [6, 6.07) is 9.33. The zero-order chi connectivity index (χ0) is 18.9. The van der Waals surface area contributed by atoms with Gasteiger partial charge in [0, 0.05) is 37.6 Å². The molecular formula is C21H27FN4O. The molecule has 27 heavy (non-hydrogen) atoms. The van der Waals surface area contributed by atoms with Gasteiger partial charge in [0.2, 0.25) is 5.91 Å². The number of hydrogen-bond donors (Lipinski definition) is 1. The van der Waals surface area contributed by atoms with E-state index in [9.17, 15) is 9.18 Å². The van der Waals surface area contributed by atoms with Gasteiger partial charge < -0.3 is 5.32 Å². The van der Waals surface area contributed by atoms with Crippen LogP contribution >= 0.6 is 0 Å². The molecule has 3 atom stereocenters. The van der Waals surface area contributed by atoms with Crippen molar-refractivity contribution in [3.05, 3.63) is 54.1 Å². The first-order chi connectivity index (χ1) is 13.1. The number of carbonyl (C=O) groups is 1. The highest BCUT2D eigenvalue weighted by Crippen LogP contribution is 2.52. The Kier molecular flexibility index (Phi) is 5.00. The third-order valence-electron chi connectivity index (χ3n) is 6.43. The molecule has 1 N–H and O–H groups in total. The molecule has 5 nitrogen and oxygen atoms in total. The van der Waals surface area contributed by atoms with E-state index in [0.717, 1.165) is 37.8 Å². The van der Waals surface area contributed by atoms with E-state index in [1.807, 2.05) is 29.1 Å². The van der Waals surface area contributed by atoms with Crippen molar-refractivity contribution in [1.82, 2.24) is 20.0 Å². The third kappa shape index (κ3) is 3.38. The Balaban J connectivity index is 1.43. The Morgan fingerprint density at radius 3 is 2.85 bits per heavy atom. The fraction of sp³-hybridized carbons (Fsp3) is 0.524. The molecule has 2 aromatic rings. The average Bonchev–Trinajstić information content (AvgIpc) is 3.40. The van der Waals surface area contributed by atoms with Crippen molar-refractivity contribution in [2.75, 3.05) is 6.54 Å². The lowest BCUT2D eigenvalue weighted by Gasteiger charge is -2.35. The van der Waals surface area contributed by atoms with Crippen LogP contribution in [-0.2, 0) is 17.9 Å². The predicted molar refractivity (Wildman–Crippen MR) is 101 cm³/mol. The fourth-order valence-electron chi connectivity index (χ4n) is 5.02. The first-order valence-electron chi connectivity index (χ1n) is 9.88. The van der Waals surface area contributed by atoms with Crippen molar-refractivity contribution in [3.8, 4) is 0 Å². The maximum Gasteiger partial charge on any atom is 0.227 e. The van der Waals surface area contributed by atoms with Crippen molar-refractivity contribution < 1.29 is 9.18 Å². The minimum absolute atomic E-state index is 0.175. The van der Waals surface area contributed by atoms with E-state index in [1.54, 1.807) is 6.20 Å². The lowest BCUT2D eigenvalue weighted by molar-refractivity contribution is -0.133. The largest absolute Gasteiger partial charge is 0.354 e. The van der Waals surface area contributed by atoms with Crippen LogP contribution in [0.3, 0.4) is 0 Å². The second-order valence-electron chi connectivity index (χ2n) is 7.78. The Morgan fingerprint density at radius 1 is 1.33 bits per heavy atom. The predicted octanol–water partition coefficient (Wildman–Crippen LogP) is 2.97. The average molecular weight is 370 g/mol. The van der Waals surface area contributed by atoms with E-state index < -0.39 is 0 Å². The second kappa shape index (κ2) is 7.43. The maximum atomic E-state index is 13.2. The van der Waals surface area contributed by atoms with Crippen molar-refractivity contribution in [2.24, 2.45) is 5.41 Å². The molecule has 4 rings (SSSR count). The van der Waals surface area contributed by atoms with E-state index in [-0.39, 0.29) is 23.2 Å². The van der Waals surface area contributed by atoms with E-state index >= 15 is 0 Å². The Labute approximate surface area is 159 Å². The highest BCUT2D eigenvalue weighted by atomic mass is 19.1. The number of benzene rings is 1. The van der Waals surface area contributed by atoms with Crippen LogP contribution < -0.4 is 5.32 Å². The first kappa shape index (κ1) is 18.2. The highest BCUT2D eigenvalue weighted by Gasteiger charge is 2.58. The summed E-state index contributed by atoms with van der Waals surface area (Å²) in [5, 5.41) is 7.34. The molecule has 3 heterocycles. The van der Waals surface area contributed by atoms with Gasteiger partial charge in [0.25, 0.3) is 0 Å². The van der Waals surface area contributed by atoms with E-state index in [4.69, 9.17) is 0 Å². The molecule has 0 unspecified atom stereocenters. The lowest BCUT2D eigenvalue weighted by atomic mass is 9.71. The van der Waals surface area contributed by atoms with Gasteiger partial charge in [-0.15, -0.1) is 0 Å². The number of nitrogens with zero attached hydrogens (tertiary/aromatic N) is 3. The third-order valence-corrected chi connectivity index (χ3v) is 6.43. The SMILES string of the molecule is CC[C@@]1(C(=O)NCCn2cccn2)C[C@@H]2CC[C@H]1N2Cc1ccc(F)cc1. The number of rotatable bonds is 7. The molecule has 1 aromatic carbocycles. The zero-order valence-electron chi connectivity index (χ0n) is 15.8. The van der Waals surface area contributed by atoms with Crippen molar-refractivity contribution >= 4 is 5.91 Å². The van der Waals surface area contributed by atoms with Crippen LogP contribution in [0.4, 0.5) is 4.39 Å². The van der Waals surface area contributed by atoms with Gasteiger partial charge in [0.05, 0.1) is 12.0 Å². The minimum atomic E-state index is -0.312. The van der Waals surface area contributed by atoms with Crippen LogP contribution in [-0.4, -0.2) is 39.2 Å². The van der Waals surface area contributed by atoms with Gasteiger partial charge >= 0.3 is 0 Å². The van der Waals surface area contributed by atoms with Crippen molar-refractivity contribution in [2.45, 2.75) is 57.8 Å². The second-order valence-corrected chi connectivity index (χ2v) is 7.78. The number of halogens is 1. The summed E-state index contributed by atoms with van der Waals surface area (Å²) in [7, 11) is 0. The van der Waals surface area contributed by atoms with E-state index in [1.165, 1.54) is 12.1 Å².